The number of halogens is 2. The molecule has 1 aromatic carbocycles. The van der Waals surface area contributed by atoms with Crippen molar-refractivity contribution in [2.45, 2.75) is 32.7 Å². The van der Waals surface area contributed by atoms with Crippen molar-refractivity contribution in [3.05, 3.63) is 34.6 Å². The van der Waals surface area contributed by atoms with E-state index in [-0.39, 0.29) is 17.2 Å². The molecule has 4 heteroatoms. The molecule has 17 heavy (non-hydrogen) atoms. The number of carbonyl (C=O) groups is 1. The fraction of sp³-hybridized carbons (Fsp3) is 0.462. The van der Waals surface area contributed by atoms with Crippen molar-refractivity contribution in [1.82, 2.24) is 5.32 Å². The van der Waals surface area contributed by atoms with E-state index in [1.165, 1.54) is 12.1 Å². The molecular weight excluding hydrogens is 241 g/mol. The number of hydrogen-bond acceptors (Lipinski definition) is 2. The molecule has 0 aromatic heterocycles. The predicted molar refractivity (Wildman–Crippen MR) is 67.9 cm³/mol. The van der Waals surface area contributed by atoms with Crippen molar-refractivity contribution in [3.63, 3.8) is 0 Å². The number of benzene rings is 1. The minimum atomic E-state index is -0.574. The Labute approximate surface area is 106 Å². The highest BCUT2D eigenvalue weighted by molar-refractivity contribution is 6.30. The number of ketones is 1. The van der Waals surface area contributed by atoms with Crippen LogP contribution in [-0.2, 0) is 11.2 Å². The molecule has 0 aliphatic heterocycles. The summed E-state index contributed by atoms with van der Waals surface area (Å²) < 4.78 is 13.0. The van der Waals surface area contributed by atoms with Gasteiger partial charge in [-0.3, -0.25) is 4.79 Å². The maximum atomic E-state index is 13.0. The Morgan fingerprint density at radius 1 is 1.47 bits per heavy atom. The van der Waals surface area contributed by atoms with Gasteiger partial charge in [-0.1, -0.05) is 24.6 Å². The summed E-state index contributed by atoms with van der Waals surface area (Å²) in [6, 6.07) is 4.36. The molecule has 0 aliphatic rings. The fourth-order valence-electron chi connectivity index (χ4n) is 1.60. The molecule has 0 spiro atoms. The van der Waals surface area contributed by atoms with E-state index in [0.29, 0.717) is 0 Å². The van der Waals surface area contributed by atoms with Crippen LogP contribution < -0.4 is 5.32 Å². The minimum absolute atomic E-state index is 0.0524. The highest BCUT2D eigenvalue weighted by atomic mass is 35.5. The molecule has 0 saturated heterocycles. The van der Waals surface area contributed by atoms with Gasteiger partial charge in [0.1, 0.15) is 5.82 Å². The number of likely N-dealkylation sites (N-methyl/N-ethyl adjacent to an activating group) is 1. The smallest absolute Gasteiger partial charge is 0.156 e. The molecule has 0 atom stereocenters. The van der Waals surface area contributed by atoms with E-state index in [4.69, 9.17) is 11.6 Å². The summed E-state index contributed by atoms with van der Waals surface area (Å²) in [5, 5.41) is 3.16. The first kappa shape index (κ1) is 14.1. The van der Waals surface area contributed by atoms with Crippen LogP contribution in [0.5, 0.6) is 0 Å². The second-order valence-electron chi connectivity index (χ2n) is 4.50. The Morgan fingerprint density at radius 2 is 2.12 bits per heavy atom. The molecule has 0 aliphatic carbocycles. The van der Waals surface area contributed by atoms with Gasteiger partial charge in [-0.25, -0.2) is 4.39 Å². The monoisotopic (exact) mass is 257 g/mol. The zero-order valence-electron chi connectivity index (χ0n) is 10.3. The van der Waals surface area contributed by atoms with Crippen LogP contribution in [0.4, 0.5) is 4.39 Å². The first-order valence-corrected chi connectivity index (χ1v) is 5.97. The van der Waals surface area contributed by atoms with Gasteiger partial charge in [-0.05, 0) is 38.1 Å². The van der Waals surface area contributed by atoms with Crippen LogP contribution >= 0.6 is 11.6 Å². The molecule has 0 bridgehead atoms. The normalized spacial score (nSPS) is 11.6. The van der Waals surface area contributed by atoms with E-state index in [1.54, 1.807) is 6.07 Å². The van der Waals surface area contributed by atoms with Crippen molar-refractivity contribution in [3.8, 4) is 0 Å². The lowest BCUT2D eigenvalue weighted by atomic mass is 9.93. The van der Waals surface area contributed by atoms with Gasteiger partial charge in [-0.2, -0.15) is 0 Å². The van der Waals surface area contributed by atoms with Gasteiger partial charge < -0.3 is 5.32 Å². The summed E-state index contributed by atoms with van der Waals surface area (Å²) in [6.07, 6.45) is 0.250. The van der Waals surface area contributed by atoms with Gasteiger partial charge in [-0.15, -0.1) is 0 Å². The van der Waals surface area contributed by atoms with E-state index in [1.807, 2.05) is 20.8 Å². The molecule has 1 N–H and O–H groups in total. The zero-order valence-corrected chi connectivity index (χ0v) is 11.1. The molecule has 1 rings (SSSR count). The highest BCUT2D eigenvalue weighted by Crippen LogP contribution is 2.18. The van der Waals surface area contributed by atoms with Crippen LogP contribution in [0, 0.1) is 5.82 Å². The lowest BCUT2D eigenvalue weighted by Gasteiger charge is -2.24. The topological polar surface area (TPSA) is 29.1 Å². The van der Waals surface area contributed by atoms with E-state index in [9.17, 15) is 9.18 Å². The van der Waals surface area contributed by atoms with Crippen molar-refractivity contribution in [2.75, 3.05) is 6.54 Å². The van der Waals surface area contributed by atoms with Crippen LogP contribution in [0.1, 0.15) is 26.3 Å². The van der Waals surface area contributed by atoms with Crippen molar-refractivity contribution < 1.29 is 9.18 Å². The van der Waals surface area contributed by atoms with Crippen LogP contribution in [0.25, 0.3) is 0 Å². The average Bonchev–Trinajstić information content (AvgIpc) is 2.23. The molecule has 2 nitrogen and oxygen atoms in total. The molecule has 0 radical (unpaired) electrons. The second kappa shape index (κ2) is 5.61. The van der Waals surface area contributed by atoms with E-state index in [2.05, 4.69) is 5.32 Å². The standard InChI is InChI=1S/C13H17ClFNO/c1-4-16-13(2,3)12(17)8-9-5-6-11(15)10(14)7-9/h5-7,16H,4,8H2,1-3H3. The Hall–Kier alpha value is -0.930. The van der Waals surface area contributed by atoms with Gasteiger partial charge in [0.05, 0.1) is 10.6 Å². The fourth-order valence-corrected chi connectivity index (χ4v) is 1.80. The third-order valence-electron chi connectivity index (χ3n) is 2.66. The highest BCUT2D eigenvalue weighted by Gasteiger charge is 2.25. The lowest BCUT2D eigenvalue weighted by Crippen LogP contribution is -2.47. The molecule has 1 aromatic rings. The van der Waals surface area contributed by atoms with Crippen LogP contribution in [0.2, 0.25) is 5.02 Å². The average molecular weight is 258 g/mol. The number of hydrogen-bond donors (Lipinski definition) is 1. The van der Waals surface area contributed by atoms with Gasteiger partial charge in [0.15, 0.2) is 5.78 Å². The quantitative estimate of drug-likeness (QED) is 0.879. The second-order valence-corrected chi connectivity index (χ2v) is 4.91. The van der Waals surface area contributed by atoms with E-state index in [0.717, 1.165) is 12.1 Å². The van der Waals surface area contributed by atoms with Gasteiger partial charge in [0.2, 0.25) is 0 Å². The molecular formula is C13H17ClFNO. The lowest BCUT2D eigenvalue weighted by molar-refractivity contribution is -0.123. The Kier molecular flexibility index (Phi) is 4.66. The predicted octanol–water partition coefficient (Wildman–Crippen LogP) is 2.98. The SMILES string of the molecule is CCNC(C)(C)C(=O)Cc1ccc(F)c(Cl)c1. The molecule has 94 valence electrons. The maximum Gasteiger partial charge on any atom is 0.156 e. The third kappa shape index (κ3) is 3.79. The number of carbonyl (C=O) groups excluding carboxylic acids is 1. The minimum Gasteiger partial charge on any atom is -0.306 e. The molecule has 0 saturated carbocycles. The molecule has 0 unspecified atom stereocenters. The number of nitrogens with one attached hydrogen (secondary N) is 1. The van der Waals surface area contributed by atoms with Gasteiger partial charge in [0.25, 0.3) is 0 Å². The summed E-state index contributed by atoms with van der Waals surface area (Å²) in [4.78, 5) is 12.0. The largest absolute Gasteiger partial charge is 0.306 e. The van der Waals surface area contributed by atoms with Crippen molar-refractivity contribution >= 4 is 17.4 Å². The first-order valence-electron chi connectivity index (χ1n) is 5.59. The number of Topliss-reactive ketones (excluding diaryl/α,β-unsaturated/α-hetero) is 1. The Bertz CT molecular complexity index is 418. The van der Waals surface area contributed by atoms with Crippen LogP contribution in [0.3, 0.4) is 0 Å². The van der Waals surface area contributed by atoms with Gasteiger partial charge >= 0.3 is 0 Å². The van der Waals surface area contributed by atoms with Crippen LogP contribution in [-0.4, -0.2) is 17.9 Å². The summed E-state index contributed by atoms with van der Waals surface area (Å²) in [6.45, 7) is 6.35. The zero-order chi connectivity index (χ0) is 13.1. The molecule has 0 amide bonds. The summed E-state index contributed by atoms with van der Waals surface area (Å²) in [5.74, 6) is -0.407. The van der Waals surface area contributed by atoms with Gasteiger partial charge in [0, 0.05) is 6.42 Å². The summed E-state index contributed by atoms with van der Waals surface area (Å²) in [5.41, 5.74) is 0.155. The van der Waals surface area contributed by atoms with E-state index < -0.39 is 11.4 Å². The van der Waals surface area contributed by atoms with Crippen molar-refractivity contribution in [2.24, 2.45) is 0 Å². The molecule has 0 heterocycles. The summed E-state index contributed by atoms with van der Waals surface area (Å²) in [7, 11) is 0. The Balaban J connectivity index is 2.77. The van der Waals surface area contributed by atoms with Crippen LogP contribution in [0.15, 0.2) is 18.2 Å². The maximum absolute atomic E-state index is 13.0. The summed E-state index contributed by atoms with van der Waals surface area (Å²) >= 11 is 5.67. The van der Waals surface area contributed by atoms with E-state index >= 15 is 0 Å². The third-order valence-corrected chi connectivity index (χ3v) is 2.95. The first-order chi connectivity index (χ1) is 7.86. The Morgan fingerprint density at radius 3 is 2.65 bits per heavy atom. The van der Waals surface area contributed by atoms with Crippen molar-refractivity contribution in [1.29, 1.82) is 0 Å². The number of rotatable bonds is 5. The molecule has 0 fully saturated rings.